The van der Waals surface area contributed by atoms with Gasteiger partial charge < -0.3 is 10.3 Å². The van der Waals surface area contributed by atoms with Crippen LogP contribution in [0.4, 0.5) is 23.2 Å². The molecular weight excluding hydrogens is 410 g/mol. The van der Waals surface area contributed by atoms with E-state index in [-0.39, 0.29) is 11.3 Å². The van der Waals surface area contributed by atoms with E-state index in [1.165, 1.54) is 24.4 Å². The standard InChI is InChI=1S/C23H15F4N3O/c1-2-21(31)30-18-8-14(6-16(10-18)23(25,26)27)15-9-19-20(12-29-22(19)28-11-15)13-4-3-5-17(24)7-13/h2-12H,1H2,(H,28,29)(H,30,31). The summed E-state index contributed by atoms with van der Waals surface area (Å²) in [5.41, 5.74) is 1.47. The predicted molar refractivity (Wildman–Crippen MR) is 111 cm³/mol. The molecule has 31 heavy (non-hydrogen) atoms. The molecule has 2 aromatic carbocycles. The number of anilines is 1. The van der Waals surface area contributed by atoms with E-state index in [0.717, 1.165) is 18.2 Å². The number of rotatable bonds is 4. The first-order chi connectivity index (χ1) is 14.7. The SMILES string of the molecule is C=CC(=O)Nc1cc(-c2cnc3[nH]cc(-c4cccc(F)c4)c3c2)cc(C(F)(F)F)c1. The van der Waals surface area contributed by atoms with Crippen molar-refractivity contribution in [3.8, 4) is 22.3 Å². The minimum atomic E-state index is -4.61. The largest absolute Gasteiger partial charge is 0.416 e. The number of carbonyl (C=O) groups is 1. The molecule has 2 aromatic heterocycles. The van der Waals surface area contributed by atoms with Crippen LogP contribution in [0.3, 0.4) is 0 Å². The maximum absolute atomic E-state index is 13.7. The Labute approximate surface area is 174 Å². The molecule has 0 saturated carbocycles. The second-order valence-corrected chi connectivity index (χ2v) is 6.82. The third-order valence-electron chi connectivity index (χ3n) is 4.71. The third-order valence-corrected chi connectivity index (χ3v) is 4.71. The molecule has 4 nitrogen and oxygen atoms in total. The molecule has 0 aliphatic heterocycles. The van der Waals surface area contributed by atoms with Gasteiger partial charge in [0, 0.05) is 34.6 Å². The van der Waals surface area contributed by atoms with Crippen molar-refractivity contribution in [1.82, 2.24) is 9.97 Å². The minimum absolute atomic E-state index is 0.0192. The molecule has 0 atom stereocenters. The summed E-state index contributed by atoms with van der Waals surface area (Å²) in [6.45, 7) is 3.31. The van der Waals surface area contributed by atoms with Gasteiger partial charge in [-0.15, -0.1) is 0 Å². The highest BCUT2D eigenvalue weighted by atomic mass is 19.4. The van der Waals surface area contributed by atoms with E-state index in [2.05, 4.69) is 21.9 Å². The molecule has 0 unspecified atom stereocenters. The number of alkyl halides is 3. The number of aromatic amines is 1. The maximum Gasteiger partial charge on any atom is 0.416 e. The second kappa shape index (κ2) is 7.71. The Morgan fingerprint density at radius 3 is 2.58 bits per heavy atom. The number of hydrogen-bond acceptors (Lipinski definition) is 2. The van der Waals surface area contributed by atoms with Crippen molar-refractivity contribution in [3.05, 3.63) is 85.0 Å². The van der Waals surface area contributed by atoms with Crippen LogP contribution in [0.1, 0.15) is 5.56 Å². The molecule has 0 saturated heterocycles. The number of amides is 1. The summed E-state index contributed by atoms with van der Waals surface area (Å²) >= 11 is 0. The van der Waals surface area contributed by atoms with Crippen molar-refractivity contribution in [2.45, 2.75) is 6.18 Å². The first kappa shape index (κ1) is 20.3. The number of fused-ring (bicyclic) bond motifs is 1. The van der Waals surface area contributed by atoms with Crippen molar-refractivity contribution >= 4 is 22.6 Å². The Morgan fingerprint density at radius 1 is 1.06 bits per heavy atom. The zero-order valence-corrected chi connectivity index (χ0v) is 15.9. The van der Waals surface area contributed by atoms with Gasteiger partial charge in [-0.25, -0.2) is 9.37 Å². The number of hydrogen-bond donors (Lipinski definition) is 2. The summed E-state index contributed by atoms with van der Waals surface area (Å²) < 4.78 is 53.9. The van der Waals surface area contributed by atoms with E-state index >= 15 is 0 Å². The zero-order valence-electron chi connectivity index (χ0n) is 15.9. The van der Waals surface area contributed by atoms with Gasteiger partial charge in [0.2, 0.25) is 5.91 Å². The van der Waals surface area contributed by atoms with Gasteiger partial charge in [-0.1, -0.05) is 18.7 Å². The lowest BCUT2D eigenvalue weighted by atomic mass is 10.00. The quantitative estimate of drug-likeness (QED) is 0.303. The summed E-state index contributed by atoms with van der Waals surface area (Å²) in [6.07, 6.45) is -0.540. The Morgan fingerprint density at radius 2 is 1.87 bits per heavy atom. The van der Waals surface area contributed by atoms with Crippen LogP contribution >= 0.6 is 0 Å². The van der Waals surface area contributed by atoms with Gasteiger partial charge in [-0.2, -0.15) is 13.2 Å². The van der Waals surface area contributed by atoms with Crippen molar-refractivity contribution in [1.29, 1.82) is 0 Å². The van der Waals surface area contributed by atoms with Crippen LogP contribution in [-0.2, 0) is 11.0 Å². The normalized spacial score (nSPS) is 11.5. The summed E-state index contributed by atoms with van der Waals surface area (Å²) in [7, 11) is 0. The van der Waals surface area contributed by atoms with E-state index in [0.29, 0.717) is 27.7 Å². The van der Waals surface area contributed by atoms with E-state index in [1.807, 2.05) is 0 Å². The Bertz CT molecular complexity index is 1310. The summed E-state index contributed by atoms with van der Waals surface area (Å²) in [4.78, 5) is 18.9. The van der Waals surface area contributed by atoms with Crippen LogP contribution in [-0.4, -0.2) is 15.9 Å². The second-order valence-electron chi connectivity index (χ2n) is 6.82. The fourth-order valence-corrected chi connectivity index (χ4v) is 3.28. The lowest BCUT2D eigenvalue weighted by Gasteiger charge is -2.13. The first-order valence-corrected chi connectivity index (χ1v) is 9.14. The topological polar surface area (TPSA) is 57.8 Å². The van der Waals surface area contributed by atoms with Gasteiger partial charge >= 0.3 is 6.18 Å². The number of nitrogens with zero attached hydrogens (tertiary/aromatic N) is 1. The van der Waals surface area contributed by atoms with Crippen LogP contribution in [0, 0.1) is 5.82 Å². The molecule has 4 aromatic rings. The van der Waals surface area contributed by atoms with Gasteiger partial charge in [0.25, 0.3) is 0 Å². The lowest BCUT2D eigenvalue weighted by molar-refractivity contribution is -0.137. The Balaban J connectivity index is 1.86. The van der Waals surface area contributed by atoms with Crippen LogP contribution in [0.15, 0.2) is 73.6 Å². The van der Waals surface area contributed by atoms with Crippen LogP contribution in [0.25, 0.3) is 33.3 Å². The monoisotopic (exact) mass is 425 g/mol. The van der Waals surface area contributed by atoms with Gasteiger partial charge in [-0.05, 0) is 53.6 Å². The number of aromatic nitrogens is 2. The molecule has 4 rings (SSSR count). The number of benzene rings is 2. The lowest BCUT2D eigenvalue weighted by Crippen LogP contribution is -2.10. The highest BCUT2D eigenvalue weighted by molar-refractivity contribution is 6.00. The molecular formula is C23H15F4N3O. The van der Waals surface area contributed by atoms with E-state index in [9.17, 15) is 22.4 Å². The molecule has 0 fully saturated rings. The Hall–Kier alpha value is -3.94. The summed E-state index contributed by atoms with van der Waals surface area (Å²) in [5, 5.41) is 2.99. The molecule has 0 bridgehead atoms. The van der Waals surface area contributed by atoms with Crippen LogP contribution in [0.5, 0.6) is 0 Å². The molecule has 0 aliphatic rings. The highest BCUT2D eigenvalue weighted by Gasteiger charge is 2.31. The molecule has 8 heteroatoms. The average molecular weight is 425 g/mol. The number of halogens is 4. The molecule has 0 aliphatic carbocycles. The zero-order chi connectivity index (χ0) is 22.2. The highest BCUT2D eigenvalue weighted by Crippen LogP contribution is 2.36. The summed E-state index contributed by atoms with van der Waals surface area (Å²) in [5.74, 6) is -1.03. The van der Waals surface area contributed by atoms with Crippen molar-refractivity contribution in [2.75, 3.05) is 5.32 Å². The number of nitrogens with one attached hydrogen (secondary N) is 2. The fourth-order valence-electron chi connectivity index (χ4n) is 3.28. The van der Waals surface area contributed by atoms with Crippen molar-refractivity contribution in [2.24, 2.45) is 0 Å². The van der Waals surface area contributed by atoms with Crippen molar-refractivity contribution < 1.29 is 22.4 Å². The van der Waals surface area contributed by atoms with Crippen LogP contribution < -0.4 is 5.32 Å². The molecule has 2 N–H and O–H groups in total. The van der Waals surface area contributed by atoms with Gasteiger partial charge in [0.05, 0.1) is 5.56 Å². The van der Waals surface area contributed by atoms with Crippen LogP contribution in [0.2, 0.25) is 0 Å². The molecule has 1 amide bonds. The number of H-pyrrole nitrogens is 1. The minimum Gasteiger partial charge on any atom is -0.346 e. The van der Waals surface area contributed by atoms with Gasteiger partial charge in [0.1, 0.15) is 11.5 Å². The number of carbonyl (C=O) groups excluding carboxylic acids is 1. The Kier molecular flexibility index (Phi) is 5.06. The maximum atomic E-state index is 13.7. The van der Waals surface area contributed by atoms with E-state index < -0.39 is 23.5 Å². The molecule has 2 heterocycles. The predicted octanol–water partition coefficient (Wildman–Crippen LogP) is 6.18. The molecule has 0 radical (unpaired) electrons. The first-order valence-electron chi connectivity index (χ1n) is 9.14. The molecule has 0 spiro atoms. The van der Waals surface area contributed by atoms with E-state index in [1.54, 1.807) is 24.4 Å². The van der Waals surface area contributed by atoms with Gasteiger partial charge in [-0.3, -0.25) is 4.79 Å². The molecule has 156 valence electrons. The average Bonchev–Trinajstić information content (AvgIpc) is 3.16. The van der Waals surface area contributed by atoms with Crippen molar-refractivity contribution in [3.63, 3.8) is 0 Å². The summed E-state index contributed by atoms with van der Waals surface area (Å²) in [6, 6.07) is 10.9. The van der Waals surface area contributed by atoms with E-state index in [4.69, 9.17) is 0 Å². The number of pyridine rings is 1. The smallest absolute Gasteiger partial charge is 0.346 e. The fraction of sp³-hybridized carbons (Fsp3) is 0.0435. The third kappa shape index (κ3) is 4.18. The van der Waals surface area contributed by atoms with Gasteiger partial charge in [0.15, 0.2) is 0 Å².